The van der Waals surface area contributed by atoms with Gasteiger partial charge in [0.05, 0.1) is 0 Å². The third-order valence-corrected chi connectivity index (χ3v) is 2.10. The van der Waals surface area contributed by atoms with E-state index in [-0.39, 0.29) is 12.4 Å². The highest BCUT2D eigenvalue weighted by molar-refractivity contribution is 5.81. The lowest BCUT2D eigenvalue weighted by atomic mass is 10.1. The summed E-state index contributed by atoms with van der Waals surface area (Å²) >= 11 is 0. The van der Waals surface area contributed by atoms with Crippen LogP contribution >= 0.6 is 0 Å². The van der Waals surface area contributed by atoms with Crippen LogP contribution in [0.4, 0.5) is 0 Å². The van der Waals surface area contributed by atoms with Crippen molar-refractivity contribution in [1.82, 2.24) is 0 Å². The number of nitrogens with two attached hydrogens (primary N) is 1. The second-order valence-corrected chi connectivity index (χ2v) is 3.30. The number of para-hydroxylation sites is 1. The van der Waals surface area contributed by atoms with Crippen LogP contribution in [0.15, 0.2) is 24.3 Å². The van der Waals surface area contributed by atoms with E-state index in [4.69, 9.17) is 21.0 Å². The molecule has 0 bridgehead atoms. The summed E-state index contributed by atoms with van der Waals surface area (Å²) in [5, 5.41) is 16.1. The molecule has 0 aliphatic heterocycles. The summed E-state index contributed by atoms with van der Waals surface area (Å²) in [7, 11) is 0. The first-order valence-electron chi connectivity index (χ1n) is 4.84. The van der Waals surface area contributed by atoms with Crippen molar-refractivity contribution in [1.29, 1.82) is 5.41 Å². The van der Waals surface area contributed by atoms with Gasteiger partial charge in [-0.05, 0) is 25.0 Å². The Kier molecular flexibility index (Phi) is 4.12. The standard InChI is InChI=1S/C11H16N2O2/c1-8(11(12)13)15-10-5-3-2-4-9(10)6-7-14/h2-5,8,14H,6-7H2,1H3,(H3,12,13). The molecule has 0 saturated carbocycles. The summed E-state index contributed by atoms with van der Waals surface area (Å²) in [6.07, 6.45) is 0.102. The third kappa shape index (κ3) is 3.25. The van der Waals surface area contributed by atoms with Crippen LogP contribution in [0.5, 0.6) is 5.75 Å². The van der Waals surface area contributed by atoms with Crippen LogP contribution in [0.2, 0.25) is 0 Å². The van der Waals surface area contributed by atoms with E-state index in [1.165, 1.54) is 0 Å². The normalized spacial score (nSPS) is 12.1. The smallest absolute Gasteiger partial charge is 0.152 e. The minimum atomic E-state index is -0.440. The van der Waals surface area contributed by atoms with Crippen LogP contribution < -0.4 is 10.5 Å². The second kappa shape index (κ2) is 5.36. The number of ether oxygens (including phenoxy) is 1. The van der Waals surface area contributed by atoms with E-state index in [0.29, 0.717) is 12.2 Å². The molecule has 4 heteroatoms. The molecule has 0 aromatic heterocycles. The number of rotatable bonds is 5. The molecule has 0 spiro atoms. The van der Waals surface area contributed by atoms with E-state index >= 15 is 0 Å². The molecular formula is C11H16N2O2. The maximum atomic E-state index is 8.86. The van der Waals surface area contributed by atoms with Crippen LogP contribution in [-0.2, 0) is 6.42 Å². The van der Waals surface area contributed by atoms with Crippen molar-refractivity contribution in [3.63, 3.8) is 0 Å². The van der Waals surface area contributed by atoms with Gasteiger partial charge in [-0.15, -0.1) is 0 Å². The second-order valence-electron chi connectivity index (χ2n) is 3.30. The van der Waals surface area contributed by atoms with E-state index in [2.05, 4.69) is 0 Å². The Hall–Kier alpha value is -1.55. The van der Waals surface area contributed by atoms with E-state index in [1.807, 2.05) is 24.3 Å². The number of aliphatic hydroxyl groups is 1. The first-order chi connectivity index (χ1) is 7.15. The molecule has 0 heterocycles. The van der Waals surface area contributed by atoms with Gasteiger partial charge in [-0.2, -0.15) is 0 Å². The maximum Gasteiger partial charge on any atom is 0.152 e. The summed E-state index contributed by atoms with van der Waals surface area (Å²) in [4.78, 5) is 0. The van der Waals surface area contributed by atoms with Crippen molar-refractivity contribution in [3.8, 4) is 5.75 Å². The number of benzene rings is 1. The van der Waals surface area contributed by atoms with Gasteiger partial charge in [0.2, 0.25) is 0 Å². The lowest BCUT2D eigenvalue weighted by Gasteiger charge is -2.15. The quantitative estimate of drug-likeness (QED) is 0.497. The molecule has 4 nitrogen and oxygen atoms in total. The van der Waals surface area contributed by atoms with E-state index in [9.17, 15) is 0 Å². The molecule has 0 fully saturated rings. The van der Waals surface area contributed by atoms with Crippen LogP contribution in [0.3, 0.4) is 0 Å². The van der Waals surface area contributed by atoms with Gasteiger partial charge in [0.1, 0.15) is 11.6 Å². The van der Waals surface area contributed by atoms with Crippen LogP contribution in [0, 0.1) is 5.41 Å². The van der Waals surface area contributed by atoms with Crippen LogP contribution in [0.1, 0.15) is 12.5 Å². The molecular weight excluding hydrogens is 192 g/mol. The Bertz CT molecular complexity index is 339. The van der Waals surface area contributed by atoms with Gasteiger partial charge < -0.3 is 15.6 Å². The molecule has 0 saturated heterocycles. The van der Waals surface area contributed by atoms with Crippen molar-refractivity contribution in [3.05, 3.63) is 29.8 Å². The zero-order chi connectivity index (χ0) is 11.3. The predicted octanol–water partition coefficient (Wildman–Crippen LogP) is 0.925. The molecule has 15 heavy (non-hydrogen) atoms. The molecule has 0 aliphatic carbocycles. The summed E-state index contributed by atoms with van der Waals surface area (Å²) in [6, 6.07) is 7.43. The Morgan fingerprint density at radius 3 is 2.80 bits per heavy atom. The van der Waals surface area contributed by atoms with Gasteiger partial charge in [0.25, 0.3) is 0 Å². The molecule has 0 aliphatic rings. The SMILES string of the molecule is CC(Oc1ccccc1CCO)C(=N)N. The summed E-state index contributed by atoms with van der Waals surface area (Å²) in [5.41, 5.74) is 6.24. The topological polar surface area (TPSA) is 79.3 Å². The number of hydrogen-bond donors (Lipinski definition) is 3. The maximum absolute atomic E-state index is 8.86. The van der Waals surface area contributed by atoms with E-state index in [0.717, 1.165) is 5.56 Å². The van der Waals surface area contributed by atoms with Crippen molar-refractivity contribution in [2.24, 2.45) is 5.73 Å². The van der Waals surface area contributed by atoms with E-state index in [1.54, 1.807) is 6.92 Å². The Labute approximate surface area is 89.2 Å². The fourth-order valence-corrected chi connectivity index (χ4v) is 1.20. The van der Waals surface area contributed by atoms with Gasteiger partial charge in [-0.25, -0.2) is 0 Å². The summed E-state index contributed by atoms with van der Waals surface area (Å²) in [6.45, 7) is 1.80. The average molecular weight is 208 g/mol. The molecule has 1 unspecified atom stereocenters. The Balaban J connectivity index is 2.79. The number of nitrogens with one attached hydrogen (secondary N) is 1. The monoisotopic (exact) mass is 208 g/mol. The highest BCUT2D eigenvalue weighted by Gasteiger charge is 2.09. The van der Waals surface area contributed by atoms with Crippen molar-refractivity contribution < 1.29 is 9.84 Å². The zero-order valence-corrected chi connectivity index (χ0v) is 8.73. The minimum Gasteiger partial charge on any atom is -0.483 e. The highest BCUT2D eigenvalue weighted by Crippen LogP contribution is 2.19. The van der Waals surface area contributed by atoms with Gasteiger partial charge >= 0.3 is 0 Å². The number of aliphatic hydroxyl groups excluding tert-OH is 1. The van der Waals surface area contributed by atoms with Crippen molar-refractivity contribution in [2.75, 3.05) is 6.61 Å². The third-order valence-electron chi connectivity index (χ3n) is 2.10. The van der Waals surface area contributed by atoms with Crippen LogP contribution in [-0.4, -0.2) is 23.7 Å². The van der Waals surface area contributed by atoms with Gasteiger partial charge in [-0.1, -0.05) is 18.2 Å². The molecule has 1 rings (SSSR count). The average Bonchev–Trinajstić information content (AvgIpc) is 2.21. The fraction of sp³-hybridized carbons (Fsp3) is 0.364. The molecule has 1 aromatic rings. The van der Waals surface area contributed by atoms with Crippen LogP contribution in [0.25, 0.3) is 0 Å². The first-order valence-corrected chi connectivity index (χ1v) is 4.84. The zero-order valence-electron chi connectivity index (χ0n) is 8.73. The molecule has 4 N–H and O–H groups in total. The summed E-state index contributed by atoms with van der Waals surface area (Å²) < 4.78 is 5.50. The number of amidine groups is 1. The highest BCUT2D eigenvalue weighted by atomic mass is 16.5. The van der Waals surface area contributed by atoms with Gasteiger partial charge in [-0.3, -0.25) is 5.41 Å². The molecule has 0 radical (unpaired) electrons. The summed E-state index contributed by atoms with van der Waals surface area (Å²) in [5.74, 6) is 0.669. The van der Waals surface area contributed by atoms with Crippen molar-refractivity contribution >= 4 is 5.84 Å². The molecule has 0 amide bonds. The minimum absolute atomic E-state index is 0.00574. The predicted molar refractivity (Wildman–Crippen MR) is 59.2 cm³/mol. The largest absolute Gasteiger partial charge is 0.483 e. The molecule has 82 valence electrons. The van der Waals surface area contributed by atoms with Gasteiger partial charge in [0, 0.05) is 6.61 Å². The Morgan fingerprint density at radius 2 is 2.20 bits per heavy atom. The molecule has 1 aromatic carbocycles. The van der Waals surface area contributed by atoms with Gasteiger partial charge in [0.15, 0.2) is 6.10 Å². The first kappa shape index (κ1) is 11.5. The van der Waals surface area contributed by atoms with E-state index < -0.39 is 6.10 Å². The van der Waals surface area contributed by atoms with Crippen molar-refractivity contribution in [2.45, 2.75) is 19.4 Å². The molecule has 1 atom stereocenters. The lowest BCUT2D eigenvalue weighted by molar-refractivity contribution is 0.272. The number of hydrogen-bond acceptors (Lipinski definition) is 3. The fourth-order valence-electron chi connectivity index (χ4n) is 1.20. The Morgan fingerprint density at radius 1 is 1.53 bits per heavy atom. The lowest BCUT2D eigenvalue weighted by Crippen LogP contribution is -2.30.